The molecule has 0 radical (unpaired) electrons. The van der Waals surface area contributed by atoms with Crippen LogP contribution in [0.5, 0.6) is 0 Å². The lowest BCUT2D eigenvalue weighted by Gasteiger charge is -2.19. The highest BCUT2D eigenvalue weighted by molar-refractivity contribution is 5.91. The van der Waals surface area contributed by atoms with Gasteiger partial charge in [-0.05, 0) is 43.2 Å². The van der Waals surface area contributed by atoms with Gasteiger partial charge in [-0.3, -0.25) is 4.79 Å². The number of H-pyrrole nitrogens is 1. The van der Waals surface area contributed by atoms with E-state index in [2.05, 4.69) is 29.1 Å². The minimum atomic E-state index is -0.249. The number of ketones is 1. The minimum absolute atomic E-state index is 0.0453. The van der Waals surface area contributed by atoms with Gasteiger partial charge >= 0.3 is 0 Å². The Hall–Kier alpha value is -2.76. The van der Waals surface area contributed by atoms with E-state index in [4.69, 9.17) is 0 Å². The van der Waals surface area contributed by atoms with Crippen LogP contribution in [0.4, 0.5) is 4.39 Å². The third kappa shape index (κ3) is 3.13. The maximum absolute atomic E-state index is 14.0. The van der Waals surface area contributed by atoms with Crippen molar-refractivity contribution >= 4 is 22.8 Å². The van der Waals surface area contributed by atoms with Crippen molar-refractivity contribution < 1.29 is 9.18 Å². The van der Waals surface area contributed by atoms with Gasteiger partial charge in [0.15, 0.2) is 5.78 Å². The van der Waals surface area contributed by atoms with E-state index >= 15 is 0 Å². The smallest absolute Gasteiger partial charge is 0.152 e. The van der Waals surface area contributed by atoms with Gasteiger partial charge in [0.1, 0.15) is 11.5 Å². The highest BCUT2D eigenvalue weighted by Gasteiger charge is 2.22. The zero-order valence-corrected chi connectivity index (χ0v) is 13.8. The van der Waals surface area contributed by atoms with Crippen molar-refractivity contribution in [3.8, 4) is 0 Å². The largest absolute Gasteiger partial charge is 0.357 e. The van der Waals surface area contributed by atoms with E-state index in [0.717, 1.165) is 11.2 Å². The number of hydrogen-bond acceptors (Lipinski definition) is 3. The lowest BCUT2D eigenvalue weighted by atomic mass is 10.0. The summed E-state index contributed by atoms with van der Waals surface area (Å²) in [5, 5.41) is 8.81. The summed E-state index contributed by atoms with van der Waals surface area (Å²) in [7, 11) is 0. The molecule has 5 nitrogen and oxygen atoms in total. The van der Waals surface area contributed by atoms with Crippen molar-refractivity contribution in [1.29, 1.82) is 0 Å². The molecule has 0 amide bonds. The second kappa shape index (κ2) is 6.39. The molecular formula is C18H19FN4O. The summed E-state index contributed by atoms with van der Waals surface area (Å²) in [6.45, 7) is 5.62. The van der Waals surface area contributed by atoms with E-state index in [0.29, 0.717) is 11.1 Å². The zero-order chi connectivity index (χ0) is 17.3. The number of allylic oxidation sites excluding steroid dienone is 1. The van der Waals surface area contributed by atoms with Crippen LogP contribution in [0.15, 0.2) is 36.5 Å². The van der Waals surface area contributed by atoms with Gasteiger partial charge < -0.3 is 4.98 Å². The van der Waals surface area contributed by atoms with E-state index < -0.39 is 0 Å². The Labute approximate surface area is 139 Å². The summed E-state index contributed by atoms with van der Waals surface area (Å²) in [4.78, 5) is 14.3. The maximum atomic E-state index is 14.0. The molecule has 2 heterocycles. The molecule has 0 bridgehead atoms. The first-order chi connectivity index (χ1) is 11.5. The molecule has 0 spiro atoms. The van der Waals surface area contributed by atoms with Gasteiger partial charge in [0.05, 0.1) is 12.2 Å². The second-order valence-electron chi connectivity index (χ2n) is 6.18. The highest BCUT2D eigenvalue weighted by Crippen LogP contribution is 2.29. The van der Waals surface area contributed by atoms with E-state index in [1.807, 2.05) is 12.1 Å². The quantitative estimate of drug-likeness (QED) is 0.726. The fourth-order valence-corrected chi connectivity index (χ4v) is 2.81. The molecule has 0 aliphatic heterocycles. The molecule has 24 heavy (non-hydrogen) atoms. The number of aromatic nitrogens is 4. The Morgan fingerprint density at radius 2 is 2.17 bits per heavy atom. The molecule has 1 aromatic carbocycles. The molecule has 6 heteroatoms. The van der Waals surface area contributed by atoms with Gasteiger partial charge in [0.2, 0.25) is 0 Å². The summed E-state index contributed by atoms with van der Waals surface area (Å²) in [6.07, 6.45) is 4.87. The lowest BCUT2D eigenvalue weighted by molar-refractivity contribution is -0.112. The number of halogens is 1. The molecule has 0 fully saturated rings. The second-order valence-corrected chi connectivity index (χ2v) is 6.18. The number of carbonyl (C=O) groups is 1. The van der Waals surface area contributed by atoms with Gasteiger partial charge in [-0.2, -0.15) is 0 Å². The Morgan fingerprint density at radius 1 is 1.38 bits per heavy atom. The van der Waals surface area contributed by atoms with Crippen LogP contribution >= 0.6 is 0 Å². The fourth-order valence-electron chi connectivity index (χ4n) is 2.81. The molecule has 3 rings (SSSR count). The number of aromatic amines is 1. The molecule has 1 atom stereocenters. The SMILES string of the molecule is CC(=O)C=Cc1cn(C(c2cc3c(F)cccc3[nH]2)C(C)C)nn1. The van der Waals surface area contributed by atoms with E-state index in [9.17, 15) is 9.18 Å². The van der Waals surface area contributed by atoms with E-state index in [-0.39, 0.29) is 23.6 Å². The Balaban J connectivity index is 2.00. The standard InChI is InChI=1S/C18H19FN4O/c1-11(2)18(23-10-13(21-22-23)8-7-12(3)24)17-9-14-15(19)5-4-6-16(14)20-17/h4-11,18,20H,1-3H3. The molecule has 3 aromatic rings. The number of rotatable bonds is 5. The van der Waals surface area contributed by atoms with Crippen molar-refractivity contribution in [2.45, 2.75) is 26.8 Å². The van der Waals surface area contributed by atoms with Crippen LogP contribution in [0.2, 0.25) is 0 Å². The molecule has 0 saturated heterocycles. The molecule has 124 valence electrons. The molecule has 2 aromatic heterocycles. The average Bonchev–Trinajstić information content (AvgIpc) is 3.13. The first kappa shape index (κ1) is 16.1. The Bertz CT molecular complexity index is 907. The predicted octanol–water partition coefficient (Wildman–Crippen LogP) is 3.75. The van der Waals surface area contributed by atoms with Gasteiger partial charge in [0.25, 0.3) is 0 Å². The van der Waals surface area contributed by atoms with Crippen LogP contribution in [0.3, 0.4) is 0 Å². The van der Waals surface area contributed by atoms with Crippen LogP contribution in [0.25, 0.3) is 17.0 Å². The van der Waals surface area contributed by atoms with Crippen LogP contribution < -0.4 is 0 Å². The van der Waals surface area contributed by atoms with Crippen molar-refractivity contribution in [3.05, 3.63) is 53.7 Å². The number of nitrogens with one attached hydrogen (secondary N) is 1. The van der Waals surface area contributed by atoms with Crippen LogP contribution in [0, 0.1) is 11.7 Å². The van der Waals surface area contributed by atoms with Crippen molar-refractivity contribution in [2.24, 2.45) is 5.92 Å². The maximum Gasteiger partial charge on any atom is 0.152 e. The third-order valence-corrected chi connectivity index (χ3v) is 3.88. The predicted molar refractivity (Wildman–Crippen MR) is 91.0 cm³/mol. The summed E-state index contributed by atoms with van der Waals surface area (Å²) in [5.74, 6) is -0.0790. The number of benzene rings is 1. The van der Waals surface area contributed by atoms with Crippen molar-refractivity contribution in [2.75, 3.05) is 0 Å². The first-order valence-corrected chi connectivity index (χ1v) is 7.83. The first-order valence-electron chi connectivity index (χ1n) is 7.83. The molecule has 1 N–H and O–H groups in total. The normalized spacial score (nSPS) is 13.2. The van der Waals surface area contributed by atoms with Crippen LogP contribution in [-0.2, 0) is 4.79 Å². The fraction of sp³-hybridized carbons (Fsp3) is 0.278. The number of nitrogens with zero attached hydrogens (tertiary/aromatic N) is 3. The Morgan fingerprint density at radius 3 is 2.83 bits per heavy atom. The van der Waals surface area contributed by atoms with Crippen LogP contribution in [0.1, 0.15) is 38.2 Å². The molecule has 1 unspecified atom stereocenters. The van der Waals surface area contributed by atoms with Crippen molar-refractivity contribution in [3.63, 3.8) is 0 Å². The third-order valence-electron chi connectivity index (χ3n) is 3.88. The van der Waals surface area contributed by atoms with Crippen molar-refractivity contribution in [1.82, 2.24) is 20.0 Å². The average molecular weight is 326 g/mol. The summed E-state index contributed by atoms with van der Waals surface area (Å²) < 4.78 is 15.7. The highest BCUT2D eigenvalue weighted by atomic mass is 19.1. The minimum Gasteiger partial charge on any atom is -0.357 e. The lowest BCUT2D eigenvalue weighted by Crippen LogP contribution is -2.17. The topological polar surface area (TPSA) is 63.6 Å². The van der Waals surface area contributed by atoms with E-state index in [1.165, 1.54) is 19.1 Å². The Kier molecular flexibility index (Phi) is 4.29. The van der Waals surface area contributed by atoms with Gasteiger partial charge in [-0.1, -0.05) is 25.1 Å². The molecule has 0 aliphatic rings. The van der Waals surface area contributed by atoms with Gasteiger partial charge in [-0.25, -0.2) is 9.07 Å². The summed E-state index contributed by atoms with van der Waals surface area (Å²) >= 11 is 0. The van der Waals surface area contributed by atoms with E-state index in [1.54, 1.807) is 23.0 Å². The molecule has 0 aliphatic carbocycles. The van der Waals surface area contributed by atoms with Crippen LogP contribution in [-0.4, -0.2) is 25.8 Å². The number of carbonyl (C=O) groups excluding carboxylic acids is 1. The molecular weight excluding hydrogens is 307 g/mol. The zero-order valence-electron chi connectivity index (χ0n) is 13.8. The van der Waals surface area contributed by atoms with Gasteiger partial charge in [-0.15, -0.1) is 5.10 Å². The number of fused-ring (bicyclic) bond motifs is 1. The van der Waals surface area contributed by atoms with Gasteiger partial charge in [0, 0.05) is 16.6 Å². The summed E-state index contributed by atoms with van der Waals surface area (Å²) in [6, 6.07) is 6.69. The summed E-state index contributed by atoms with van der Waals surface area (Å²) in [5.41, 5.74) is 2.24. The molecule has 0 saturated carbocycles. The monoisotopic (exact) mass is 326 g/mol. The number of hydrogen-bond donors (Lipinski definition) is 1.